The van der Waals surface area contributed by atoms with E-state index in [2.05, 4.69) is 13.2 Å². The summed E-state index contributed by atoms with van der Waals surface area (Å²) in [6.07, 6.45) is -0.660. The third-order valence-electron chi connectivity index (χ3n) is 3.00. The number of carbonyl (C=O) groups is 2. The van der Waals surface area contributed by atoms with Crippen molar-refractivity contribution >= 4 is 19.8 Å². The van der Waals surface area contributed by atoms with Gasteiger partial charge < -0.3 is 14.4 Å². The van der Waals surface area contributed by atoms with E-state index < -0.39 is 32.0 Å². The van der Waals surface area contributed by atoms with E-state index in [1.807, 2.05) is 0 Å². The van der Waals surface area contributed by atoms with Gasteiger partial charge in [0.2, 0.25) is 0 Å². The molecular formula is C16H27O8P. The van der Waals surface area contributed by atoms with Gasteiger partial charge in [-0.25, -0.2) is 14.2 Å². The molecule has 0 aromatic heterocycles. The molecule has 0 aromatic rings. The Bertz CT molecular complexity index is 498. The minimum atomic E-state index is -4.39. The zero-order valence-corrected chi connectivity index (χ0v) is 16.0. The number of phosphoric ester groups is 1. The first-order valence-electron chi connectivity index (χ1n) is 7.87. The number of rotatable bonds is 12. The average Bonchev–Trinajstić information content (AvgIpc) is 2.54. The molecule has 8 nitrogen and oxygen atoms in total. The molecule has 2 atom stereocenters. The molecule has 2 unspecified atom stereocenters. The summed E-state index contributed by atoms with van der Waals surface area (Å²) in [7, 11) is -4.39. The van der Waals surface area contributed by atoms with Crippen LogP contribution in [0.1, 0.15) is 40.5 Å². The monoisotopic (exact) mass is 378 g/mol. The summed E-state index contributed by atoms with van der Waals surface area (Å²) in [5, 5.41) is 0. The lowest BCUT2D eigenvalue weighted by molar-refractivity contribution is -0.146. The highest BCUT2D eigenvalue weighted by Crippen LogP contribution is 2.43. The van der Waals surface area contributed by atoms with Gasteiger partial charge in [0.05, 0.1) is 13.2 Å². The van der Waals surface area contributed by atoms with Gasteiger partial charge in [-0.15, -0.1) is 0 Å². The van der Waals surface area contributed by atoms with Crippen LogP contribution in [0.15, 0.2) is 24.3 Å². The van der Waals surface area contributed by atoms with Crippen molar-refractivity contribution in [1.29, 1.82) is 0 Å². The fourth-order valence-electron chi connectivity index (χ4n) is 1.37. The molecule has 0 saturated heterocycles. The van der Waals surface area contributed by atoms with Crippen molar-refractivity contribution in [3.05, 3.63) is 24.3 Å². The lowest BCUT2D eigenvalue weighted by Gasteiger charge is -2.20. The highest BCUT2D eigenvalue weighted by atomic mass is 31.2. The van der Waals surface area contributed by atoms with Gasteiger partial charge in [-0.1, -0.05) is 27.0 Å². The summed E-state index contributed by atoms with van der Waals surface area (Å²) in [4.78, 5) is 32.6. The van der Waals surface area contributed by atoms with Crippen LogP contribution in [0.2, 0.25) is 0 Å². The summed E-state index contributed by atoms with van der Waals surface area (Å²) >= 11 is 0. The van der Waals surface area contributed by atoms with Crippen LogP contribution in [-0.2, 0) is 32.7 Å². The molecule has 25 heavy (non-hydrogen) atoms. The summed E-state index contributed by atoms with van der Waals surface area (Å²) in [6.45, 7) is 12.7. The predicted molar refractivity (Wildman–Crippen MR) is 91.7 cm³/mol. The molecule has 0 aromatic carbocycles. The van der Waals surface area contributed by atoms with E-state index in [0.29, 0.717) is 12.8 Å². The second-order valence-electron chi connectivity index (χ2n) is 5.49. The number of esters is 2. The number of carbonyl (C=O) groups excluding carboxylic acids is 2. The van der Waals surface area contributed by atoms with E-state index in [-0.39, 0.29) is 24.4 Å². The van der Waals surface area contributed by atoms with E-state index in [0.717, 1.165) is 0 Å². The van der Waals surface area contributed by atoms with Crippen molar-refractivity contribution in [2.24, 2.45) is 0 Å². The standard InChI is InChI=1S/C16H27O8P/c1-7-13(23-15(17)11(3)4)9-21-25(19,20)22-10-14(8-2)24-16(18)12(5)6/h13-14H,3,5,7-10H2,1-2,4,6H3,(H,19,20). The van der Waals surface area contributed by atoms with Crippen LogP contribution in [0, 0.1) is 0 Å². The third-order valence-corrected chi connectivity index (χ3v) is 3.95. The van der Waals surface area contributed by atoms with Crippen LogP contribution in [0.5, 0.6) is 0 Å². The molecule has 0 rings (SSSR count). The normalized spacial score (nSPS) is 15.6. The maximum Gasteiger partial charge on any atom is 0.472 e. The molecule has 9 heteroatoms. The molecule has 1 N–H and O–H groups in total. The van der Waals surface area contributed by atoms with Gasteiger partial charge in [0.1, 0.15) is 12.2 Å². The van der Waals surface area contributed by atoms with Gasteiger partial charge >= 0.3 is 19.8 Å². The third kappa shape index (κ3) is 10.2. The molecule has 0 amide bonds. The van der Waals surface area contributed by atoms with E-state index in [9.17, 15) is 19.0 Å². The fourth-order valence-corrected chi connectivity index (χ4v) is 2.15. The fraction of sp³-hybridized carbons (Fsp3) is 0.625. The van der Waals surface area contributed by atoms with Crippen molar-refractivity contribution in [3.8, 4) is 0 Å². The van der Waals surface area contributed by atoms with Gasteiger partial charge in [0.25, 0.3) is 0 Å². The zero-order valence-electron chi connectivity index (χ0n) is 15.1. The molecule has 0 aliphatic rings. The lowest BCUT2D eigenvalue weighted by atomic mass is 10.3. The number of ether oxygens (including phenoxy) is 2. The van der Waals surface area contributed by atoms with E-state index in [1.165, 1.54) is 13.8 Å². The van der Waals surface area contributed by atoms with Crippen LogP contribution < -0.4 is 0 Å². The van der Waals surface area contributed by atoms with Gasteiger partial charge in [-0.2, -0.15) is 0 Å². The van der Waals surface area contributed by atoms with Crippen LogP contribution in [0.25, 0.3) is 0 Å². The van der Waals surface area contributed by atoms with Crippen LogP contribution in [-0.4, -0.2) is 42.3 Å². The van der Waals surface area contributed by atoms with Crippen molar-refractivity contribution in [3.63, 3.8) is 0 Å². The van der Waals surface area contributed by atoms with Gasteiger partial charge in [-0.3, -0.25) is 9.05 Å². The molecule has 0 fully saturated rings. The quantitative estimate of drug-likeness (QED) is 0.314. The van der Waals surface area contributed by atoms with Gasteiger partial charge in [0, 0.05) is 11.1 Å². The van der Waals surface area contributed by atoms with Gasteiger partial charge in [0.15, 0.2) is 0 Å². The maximum atomic E-state index is 11.9. The second-order valence-corrected chi connectivity index (χ2v) is 6.95. The Balaban J connectivity index is 4.48. The summed E-state index contributed by atoms with van der Waals surface area (Å²) in [6, 6.07) is 0. The molecule has 0 aliphatic carbocycles. The molecule has 0 aliphatic heterocycles. The van der Waals surface area contributed by atoms with Crippen molar-refractivity contribution in [2.75, 3.05) is 13.2 Å². The highest BCUT2D eigenvalue weighted by molar-refractivity contribution is 7.47. The number of phosphoric acid groups is 1. The first-order chi connectivity index (χ1) is 11.5. The van der Waals surface area contributed by atoms with E-state index in [4.69, 9.17) is 18.5 Å². The SMILES string of the molecule is C=C(C)C(=O)OC(CC)COP(=O)(O)OCC(CC)OC(=O)C(=C)C. The molecule has 0 saturated carbocycles. The van der Waals surface area contributed by atoms with Crippen LogP contribution in [0.4, 0.5) is 0 Å². The molecular weight excluding hydrogens is 351 g/mol. The Morgan fingerprint density at radius 1 is 0.920 bits per heavy atom. The zero-order chi connectivity index (χ0) is 19.6. The Morgan fingerprint density at radius 3 is 1.48 bits per heavy atom. The van der Waals surface area contributed by atoms with Crippen molar-refractivity contribution in [1.82, 2.24) is 0 Å². The average molecular weight is 378 g/mol. The number of hydrogen-bond acceptors (Lipinski definition) is 7. The molecule has 0 heterocycles. The van der Waals surface area contributed by atoms with Crippen LogP contribution >= 0.6 is 7.82 Å². The Kier molecular flexibility index (Phi) is 10.5. The summed E-state index contributed by atoms with van der Waals surface area (Å²) in [5.74, 6) is -1.22. The van der Waals surface area contributed by atoms with E-state index >= 15 is 0 Å². The minimum Gasteiger partial charge on any atom is -0.457 e. The summed E-state index contributed by atoms with van der Waals surface area (Å²) in [5.41, 5.74) is 0.430. The topological polar surface area (TPSA) is 108 Å². The second kappa shape index (κ2) is 11.2. The Hall–Kier alpha value is -1.47. The smallest absolute Gasteiger partial charge is 0.457 e. The first kappa shape index (κ1) is 23.5. The minimum absolute atomic E-state index is 0.215. The largest absolute Gasteiger partial charge is 0.472 e. The lowest BCUT2D eigenvalue weighted by Crippen LogP contribution is -2.24. The van der Waals surface area contributed by atoms with Crippen LogP contribution in [0.3, 0.4) is 0 Å². The number of hydrogen-bond donors (Lipinski definition) is 1. The van der Waals surface area contributed by atoms with Crippen molar-refractivity contribution < 1.29 is 37.6 Å². The Labute approximate surface area is 148 Å². The summed E-state index contributed by atoms with van der Waals surface area (Å²) < 4.78 is 31.7. The highest BCUT2D eigenvalue weighted by Gasteiger charge is 2.26. The molecule has 0 spiro atoms. The van der Waals surface area contributed by atoms with Gasteiger partial charge in [-0.05, 0) is 26.7 Å². The first-order valence-corrected chi connectivity index (χ1v) is 9.36. The molecule has 144 valence electrons. The predicted octanol–water partition coefficient (Wildman–Crippen LogP) is 2.92. The molecule has 0 bridgehead atoms. The molecule has 0 radical (unpaired) electrons. The van der Waals surface area contributed by atoms with Crippen molar-refractivity contribution in [2.45, 2.75) is 52.7 Å². The maximum absolute atomic E-state index is 11.9. The van der Waals surface area contributed by atoms with E-state index in [1.54, 1.807) is 13.8 Å². The Morgan fingerprint density at radius 2 is 1.24 bits per heavy atom.